The summed E-state index contributed by atoms with van der Waals surface area (Å²) in [6.07, 6.45) is 5.88. The van der Waals surface area contributed by atoms with Gasteiger partial charge in [-0.3, -0.25) is 9.59 Å². The van der Waals surface area contributed by atoms with E-state index >= 15 is 0 Å². The number of esters is 1. The van der Waals surface area contributed by atoms with Crippen LogP contribution in [0.4, 0.5) is 10.5 Å². The molecular weight excluding hydrogens is 524 g/mol. The molecule has 1 saturated carbocycles. The number of para-hydroxylation sites is 1. The first-order valence-corrected chi connectivity index (χ1v) is 14.6. The first-order chi connectivity index (χ1) is 18.3. The normalized spacial score (nSPS) is 19.4. The zero-order valence-electron chi connectivity index (χ0n) is 23.2. The summed E-state index contributed by atoms with van der Waals surface area (Å²) >= 11 is 0. The van der Waals surface area contributed by atoms with Crippen LogP contribution in [0, 0.1) is 5.92 Å². The number of amides is 2. The van der Waals surface area contributed by atoms with Crippen molar-refractivity contribution >= 4 is 33.7 Å². The number of rotatable bonds is 15. The van der Waals surface area contributed by atoms with Crippen LogP contribution in [0.2, 0.25) is 0 Å². The number of sulfonamides is 1. The van der Waals surface area contributed by atoms with Crippen LogP contribution in [0.15, 0.2) is 41.8 Å². The third-order valence-electron chi connectivity index (χ3n) is 6.34. The number of carbonyl (C=O) groups is 3. The monoisotopic (exact) mass is 566 g/mol. The van der Waals surface area contributed by atoms with Crippen molar-refractivity contribution < 1.29 is 32.3 Å². The molecular formula is C27H42N4O7S. The maximum atomic E-state index is 13.2. The van der Waals surface area contributed by atoms with Gasteiger partial charge in [-0.05, 0) is 52.2 Å². The van der Waals surface area contributed by atoms with E-state index in [1.54, 1.807) is 39.0 Å². The zero-order valence-corrected chi connectivity index (χ0v) is 24.1. The van der Waals surface area contributed by atoms with Crippen LogP contribution in [0.1, 0.15) is 65.7 Å². The van der Waals surface area contributed by atoms with Gasteiger partial charge in [0.25, 0.3) is 15.9 Å². The summed E-state index contributed by atoms with van der Waals surface area (Å²) in [6.45, 7) is 9.28. The molecule has 0 aromatic heterocycles. The van der Waals surface area contributed by atoms with Crippen LogP contribution in [-0.4, -0.2) is 57.2 Å². The smallest absolute Gasteiger partial charge is 0.408 e. The summed E-state index contributed by atoms with van der Waals surface area (Å²) in [5.41, 5.74) is 3.87. The molecule has 0 aliphatic heterocycles. The summed E-state index contributed by atoms with van der Waals surface area (Å²) in [5.74, 6) is -1.68. The Bertz CT molecular complexity index is 1130. The molecule has 0 bridgehead atoms. The molecule has 0 radical (unpaired) electrons. The molecule has 12 heteroatoms. The van der Waals surface area contributed by atoms with Gasteiger partial charge in [-0.1, -0.05) is 43.9 Å². The molecule has 1 aromatic rings. The molecule has 1 aliphatic rings. The third kappa shape index (κ3) is 9.54. The Morgan fingerprint density at radius 1 is 1.15 bits per heavy atom. The van der Waals surface area contributed by atoms with E-state index in [0.717, 1.165) is 32.1 Å². The number of carbonyl (C=O) groups excluding carboxylic acids is 3. The van der Waals surface area contributed by atoms with Gasteiger partial charge in [-0.2, -0.15) is 0 Å². The number of methoxy groups -OCH3 is 1. The number of nitrogens with two attached hydrogens (primary N) is 1. The van der Waals surface area contributed by atoms with Crippen molar-refractivity contribution in [2.24, 2.45) is 11.7 Å². The zero-order chi connectivity index (χ0) is 29.3. The molecule has 1 aromatic carbocycles. The molecule has 218 valence electrons. The number of alkyl carbamates (subject to hydrolysis) is 1. The van der Waals surface area contributed by atoms with Gasteiger partial charge < -0.3 is 25.8 Å². The lowest BCUT2D eigenvalue weighted by atomic mass is 10.1. The molecule has 0 unspecified atom stereocenters. The Balaban J connectivity index is 1.92. The number of ether oxygens (including phenoxy) is 2. The fourth-order valence-corrected chi connectivity index (χ4v) is 5.37. The molecule has 5 N–H and O–H groups in total. The molecule has 0 spiro atoms. The lowest BCUT2D eigenvalue weighted by Gasteiger charge is -2.24. The van der Waals surface area contributed by atoms with Crippen molar-refractivity contribution in [3.8, 4) is 0 Å². The molecule has 1 fully saturated rings. The van der Waals surface area contributed by atoms with Gasteiger partial charge in [0.1, 0.15) is 22.1 Å². The highest BCUT2D eigenvalue weighted by Crippen LogP contribution is 2.45. The molecule has 39 heavy (non-hydrogen) atoms. The van der Waals surface area contributed by atoms with Crippen molar-refractivity contribution in [2.45, 2.75) is 87.8 Å². The Morgan fingerprint density at radius 2 is 1.79 bits per heavy atom. The SMILES string of the molecule is C=C[C@@H]1C[C@]1(NC(=O)OC(C)(C)C)C(=O)NS(=O)(=O)c1ccccc1NCCCCCCC[C@H](N)C(=O)OC. The minimum absolute atomic E-state index is 0.0710. The summed E-state index contributed by atoms with van der Waals surface area (Å²) in [6, 6.07) is 5.72. The molecule has 3 atom stereocenters. The first-order valence-electron chi connectivity index (χ1n) is 13.1. The van der Waals surface area contributed by atoms with Crippen molar-refractivity contribution in [2.75, 3.05) is 19.0 Å². The van der Waals surface area contributed by atoms with Gasteiger partial charge in [0, 0.05) is 12.5 Å². The lowest BCUT2D eigenvalue weighted by molar-refractivity contribution is -0.142. The van der Waals surface area contributed by atoms with Crippen LogP contribution < -0.4 is 21.1 Å². The highest BCUT2D eigenvalue weighted by atomic mass is 32.2. The predicted octanol–water partition coefficient (Wildman–Crippen LogP) is 3.21. The second kappa shape index (κ2) is 13.8. The van der Waals surface area contributed by atoms with Crippen LogP contribution in [0.25, 0.3) is 0 Å². The maximum absolute atomic E-state index is 13.2. The van der Waals surface area contributed by atoms with Gasteiger partial charge in [-0.15, -0.1) is 6.58 Å². The van der Waals surface area contributed by atoms with Gasteiger partial charge in [0.05, 0.1) is 12.8 Å². The van der Waals surface area contributed by atoms with Crippen molar-refractivity contribution in [3.05, 3.63) is 36.9 Å². The summed E-state index contributed by atoms with van der Waals surface area (Å²) < 4.78 is 38.4. The van der Waals surface area contributed by atoms with E-state index in [4.69, 9.17) is 10.5 Å². The molecule has 0 heterocycles. The number of anilines is 1. The van der Waals surface area contributed by atoms with Gasteiger partial charge >= 0.3 is 12.1 Å². The fourth-order valence-electron chi connectivity index (χ4n) is 4.15. The second-order valence-corrected chi connectivity index (χ2v) is 12.3. The largest absolute Gasteiger partial charge is 0.468 e. The number of hydrogen-bond donors (Lipinski definition) is 4. The average Bonchev–Trinajstić information content (AvgIpc) is 3.57. The topological polar surface area (TPSA) is 166 Å². The lowest BCUT2D eigenvalue weighted by Crippen LogP contribution is -2.52. The Morgan fingerprint density at radius 3 is 2.41 bits per heavy atom. The minimum Gasteiger partial charge on any atom is -0.468 e. The van der Waals surface area contributed by atoms with Crippen LogP contribution in [0.3, 0.4) is 0 Å². The minimum atomic E-state index is -4.25. The maximum Gasteiger partial charge on any atom is 0.408 e. The van der Waals surface area contributed by atoms with E-state index in [9.17, 15) is 22.8 Å². The van der Waals surface area contributed by atoms with Crippen LogP contribution >= 0.6 is 0 Å². The summed E-state index contributed by atoms with van der Waals surface area (Å²) in [4.78, 5) is 36.7. The van der Waals surface area contributed by atoms with E-state index in [1.165, 1.54) is 19.3 Å². The highest BCUT2D eigenvalue weighted by molar-refractivity contribution is 7.90. The van der Waals surface area contributed by atoms with Gasteiger partial charge in [0.2, 0.25) is 0 Å². The predicted molar refractivity (Wildman–Crippen MR) is 148 cm³/mol. The van der Waals surface area contributed by atoms with Crippen LogP contribution in [0.5, 0.6) is 0 Å². The first kappa shape index (κ1) is 32.1. The molecule has 0 saturated heterocycles. The van der Waals surface area contributed by atoms with E-state index in [1.807, 2.05) is 0 Å². The van der Waals surface area contributed by atoms with Crippen molar-refractivity contribution in [3.63, 3.8) is 0 Å². The number of unbranched alkanes of at least 4 members (excludes halogenated alkanes) is 4. The van der Waals surface area contributed by atoms with Crippen molar-refractivity contribution in [1.82, 2.24) is 10.0 Å². The van der Waals surface area contributed by atoms with E-state index in [0.29, 0.717) is 18.7 Å². The van der Waals surface area contributed by atoms with Gasteiger partial charge in [0.15, 0.2) is 0 Å². The molecule has 1 aliphatic carbocycles. The van der Waals surface area contributed by atoms with Crippen molar-refractivity contribution in [1.29, 1.82) is 0 Å². The Hall–Kier alpha value is -3.12. The fraction of sp³-hybridized carbons (Fsp3) is 0.593. The van der Waals surface area contributed by atoms with Crippen LogP contribution in [-0.2, 0) is 29.1 Å². The number of benzene rings is 1. The average molecular weight is 567 g/mol. The second-order valence-electron chi connectivity index (χ2n) is 10.7. The quantitative estimate of drug-likeness (QED) is 0.142. The number of nitrogens with one attached hydrogen (secondary N) is 3. The van der Waals surface area contributed by atoms with E-state index < -0.39 is 51.1 Å². The Kier molecular flexibility index (Phi) is 11.3. The molecule has 11 nitrogen and oxygen atoms in total. The summed E-state index contributed by atoms with van der Waals surface area (Å²) in [7, 11) is -2.93. The summed E-state index contributed by atoms with van der Waals surface area (Å²) in [5, 5.41) is 5.68. The standard InChI is InChI=1S/C27H42N4O7S/c1-6-19-18-27(19,30-25(34)38-26(2,3)4)24(33)31-39(35,36)22-16-12-11-15-21(22)29-17-13-9-7-8-10-14-20(28)23(32)37-5/h6,11-12,15-16,19-20,29H,1,7-10,13-14,17-18,28H2,2-5H3,(H,30,34)(H,31,33)/t19-,20+,27-/m1/s1. The number of hydrogen-bond acceptors (Lipinski definition) is 9. The van der Waals surface area contributed by atoms with Gasteiger partial charge in [-0.25, -0.2) is 17.9 Å². The molecule has 2 amide bonds. The molecule has 2 rings (SSSR count). The third-order valence-corrected chi connectivity index (χ3v) is 7.73. The van der Waals surface area contributed by atoms with E-state index in [-0.39, 0.29) is 11.3 Å². The highest BCUT2D eigenvalue weighted by Gasteiger charge is 2.61. The van der Waals surface area contributed by atoms with E-state index in [2.05, 4.69) is 26.7 Å². The Labute approximate surface area is 231 Å².